The average molecular weight is 380 g/mol. The monoisotopic (exact) mass is 379 g/mol. The van der Waals surface area contributed by atoms with Gasteiger partial charge in [0.05, 0.1) is 0 Å². The fourth-order valence-corrected chi connectivity index (χ4v) is 3.34. The van der Waals surface area contributed by atoms with Gasteiger partial charge in [-0.15, -0.1) is 0 Å². The third kappa shape index (κ3) is 17.8. The van der Waals surface area contributed by atoms with E-state index >= 15 is 0 Å². The number of aliphatic carboxylic acids is 1. The Balaban J connectivity index is 0. The van der Waals surface area contributed by atoms with Crippen molar-refractivity contribution in [3.05, 3.63) is 0 Å². The fraction of sp³-hybridized carbons (Fsp3) is 0.955. The molecule has 3 nitrogen and oxygen atoms in total. The summed E-state index contributed by atoms with van der Waals surface area (Å²) < 4.78 is 0. The van der Waals surface area contributed by atoms with Gasteiger partial charge >= 0.3 is 35.5 Å². The number of carboxylic acids is 1. The number of carbonyl (C=O) groups is 1. The Morgan fingerprint density at radius 2 is 1.15 bits per heavy atom. The number of hydrogen-bond donors (Lipinski definition) is 2. The Labute approximate surface area is 185 Å². The van der Waals surface area contributed by atoms with E-state index in [0.717, 1.165) is 19.4 Å². The second kappa shape index (κ2) is 21.7. The van der Waals surface area contributed by atoms with Gasteiger partial charge < -0.3 is 10.4 Å². The zero-order chi connectivity index (χ0) is 18.8. The average Bonchev–Trinajstić information content (AvgIpc) is 2.60. The van der Waals surface area contributed by atoms with Crippen molar-refractivity contribution >= 4 is 35.5 Å². The maximum absolute atomic E-state index is 11.2. The van der Waals surface area contributed by atoms with Crippen molar-refractivity contribution < 1.29 is 9.90 Å². The molecule has 0 fully saturated rings. The number of hydrogen-bond acceptors (Lipinski definition) is 2. The normalized spacial score (nSPS) is 13.2. The standard InChI is InChI=1S/C22H45NO2.Na.H/c1-4-6-7-8-9-10-11-12-13-14-15-16-17-18-19-23-21(22(24)25)20(3)5-2;;/h20-21,23H,4-19H2,1-3H3,(H,24,25);;. The van der Waals surface area contributed by atoms with Crippen molar-refractivity contribution in [2.75, 3.05) is 6.54 Å². The number of nitrogens with one attached hydrogen (secondary N) is 1. The SMILES string of the molecule is CCCCCCCCCCCCCCCCNC(C(=O)O)C(C)CC.[NaH]. The van der Waals surface area contributed by atoms with Crippen LogP contribution in [0.1, 0.15) is 117 Å². The van der Waals surface area contributed by atoms with E-state index in [1.54, 1.807) is 0 Å². The van der Waals surface area contributed by atoms with Crippen LogP contribution in [0.25, 0.3) is 0 Å². The first-order valence-electron chi connectivity index (χ1n) is 11.1. The molecule has 0 saturated carbocycles. The molecule has 0 rings (SSSR count). The molecule has 2 atom stereocenters. The van der Waals surface area contributed by atoms with Crippen molar-refractivity contribution in [2.24, 2.45) is 5.92 Å². The molecule has 0 aromatic carbocycles. The zero-order valence-corrected chi connectivity index (χ0v) is 17.3. The van der Waals surface area contributed by atoms with Crippen LogP contribution in [0.4, 0.5) is 0 Å². The van der Waals surface area contributed by atoms with Crippen molar-refractivity contribution in [1.29, 1.82) is 0 Å². The van der Waals surface area contributed by atoms with Gasteiger partial charge in [-0.05, 0) is 18.9 Å². The Kier molecular flexibility index (Phi) is 23.9. The summed E-state index contributed by atoms with van der Waals surface area (Å²) in [7, 11) is 0. The number of rotatable bonds is 19. The third-order valence-electron chi connectivity index (χ3n) is 5.37. The van der Waals surface area contributed by atoms with E-state index in [1.165, 1.54) is 83.5 Å². The molecule has 4 heteroatoms. The van der Waals surface area contributed by atoms with Crippen LogP contribution >= 0.6 is 0 Å². The first-order chi connectivity index (χ1) is 12.1. The van der Waals surface area contributed by atoms with Crippen LogP contribution in [0.3, 0.4) is 0 Å². The van der Waals surface area contributed by atoms with E-state index in [-0.39, 0.29) is 41.5 Å². The number of carboxylic acid groups (broad SMARTS) is 1. The summed E-state index contributed by atoms with van der Waals surface area (Å²) in [5, 5.41) is 12.4. The molecule has 152 valence electrons. The molecule has 2 unspecified atom stereocenters. The Hall–Kier alpha value is 0.430. The summed E-state index contributed by atoms with van der Waals surface area (Å²) in [6, 6.07) is -0.382. The molecule has 0 heterocycles. The van der Waals surface area contributed by atoms with Gasteiger partial charge in [-0.3, -0.25) is 4.79 Å². The van der Waals surface area contributed by atoms with Crippen LogP contribution in [0.2, 0.25) is 0 Å². The van der Waals surface area contributed by atoms with Crippen molar-refractivity contribution in [2.45, 2.75) is 123 Å². The summed E-state index contributed by atoms with van der Waals surface area (Å²) in [6.45, 7) is 7.17. The van der Waals surface area contributed by atoms with Crippen LogP contribution in [0, 0.1) is 5.92 Å². The first-order valence-corrected chi connectivity index (χ1v) is 11.1. The van der Waals surface area contributed by atoms with E-state index in [1.807, 2.05) is 6.92 Å². The predicted molar refractivity (Wildman–Crippen MR) is 116 cm³/mol. The zero-order valence-electron chi connectivity index (χ0n) is 17.3. The van der Waals surface area contributed by atoms with Gasteiger partial charge in [-0.25, -0.2) is 0 Å². The molecule has 0 radical (unpaired) electrons. The summed E-state index contributed by atoms with van der Waals surface area (Å²) in [5.41, 5.74) is 0. The Bertz CT molecular complexity index is 300. The topological polar surface area (TPSA) is 49.3 Å². The second-order valence-corrected chi connectivity index (χ2v) is 7.75. The molecule has 2 N–H and O–H groups in total. The van der Waals surface area contributed by atoms with Crippen LogP contribution in [0.5, 0.6) is 0 Å². The van der Waals surface area contributed by atoms with E-state index in [9.17, 15) is 9.90 Å². The predicted octanol–water partition coefficient (Wildman–Crippen LogP) is 5.91. The van der Waals surface area contributed by atoms with E-state index < -0.39 is 5.97 Å². The first kappa shape index (κ1) is 28.6. The summed E-state index contributed by atoms with van der Waals surface area (Å²) in [5.74, 6) is -0.510. The molecule has 0 saturated heterocycles. The number of unbranched alkanes of at least 4 members (excludes halogenated alkanes) is 13. The van der Waals surface area contributed by atoms with Crippen LogP contribution in [-0.4, -0.2) is 53.2 Å². The molecule has 0 aliphatic heterocycles. The van der Waals surface area contributed by atoms with E-state index in [0.29, 0.717) is 0 Å². The molecular weight excluding hydrogens is 333 g/mol. The van der Waals surface area contributed by atoms with Crippen LogP contribution < -0.4 is 5.32 Å². The minimum absolute atomic E-state index is 0. The summed E-state index contributed by atoms with van der Waals surface area (Å²) in [6.07, 6.45) is 19.9. The summed E-state index contributed by atoms with van der Waals surface area (Å²) in [4.78, 5) is 11.2. The minimum atomic E-state index is -0.709. The molecule has 0 aliphatic rings. The van der Waals surface area contributed by atoms with Gasteiger partial charge in [0, 0.05) is 0 Å². The van der Waals surface area contributed by atoms with Crippen molar-refractivity contribution in [3.63, 3.8) is 0 Å². The van der Waals surface area contributed by atoms with Crippen LogP contribution in [0.15, 0.2) is 0 Å². The Morgan fingerprint density at radius 3 is 1.50 bits per heavy atom. The molecule has 0 amide bonds. The summed E-state index contributed by atoms with van der Waals surface area (Å²) >= 11 is 0. The second-order valence-electron chi connectivity index (χ2n) is 7.75. The van der Waals surface area contributed by atoms with E-state index in [4.69, 9.17) is 0 Å². The van der Waals surface area contributed by atoms with Crippen molar-refractivity contribution in [3.8, 4) is 0 Å². The van der Waals surface area contributed by atoms with Gasteiger partial charge in [-0.1, -0.05) is 111 Å². The molecule has 0 aromatic rings. The fourth-order valence-electron chi connectivity index (χ4n) is 3.34. The van der Waals surface area contributed by atoms with Gasteiger partial charge in [0.25, 0.3) is 0 Å². The maximum atomic E-state index is 11.2. The Morgan fingerprint density at radius 1 is 0.769 bits per heavy atom. The molecule has 0 spiro atoms. The van der Waals surface area contributed by atoms with Gasteiger partial charge in [0.15, 0.2) is 0 Å². The molecule has 0 aliphatic carbocycles. The van der Waals surface area contributed by atoms with E-state index in [2.05, 4.69) is 19.2 Å². The van der Waals surface area contributed by atoms with Gasteiger partial charge in [-0.2, -0.15) is 0 Å². The van der Waals surface area contributed by atoms with Gasteiger partial charge in [0.2, 0.25) is 0 Å². The quantitative estimate of drug-likeness (QED) is 0.217. The van der Waals surface area contributed by atoms with Crippen LogP contribution in [-0.2, 0) is 4.79 Å². The molecular formula is C22H46NNaO2. The molecule has 26 heavy (non-hydrogen) atoms. The van der Waals surface area contributed by atoms with Gasteiger partial charge in [0.1, 0.15) is 6.04 Å². The molecule has 0 bridgehead atoms. The molecule has 0 aromatic heterocycles. The third-order valence-corrected chi connectivity index (χ3v) is 5.37. The van der Waals surface area contributed by atoms with Crippen molar-refractivity contribution in [1.82, 2.24) is 5.32 Å².